The quantitative estimate of drug-likeness (QED) is 0.876. The average Bonchev–Trinajstić information content (AvgIpc) is 2.36. The van der Waals surface area contributed by atoms with Crippen molar-refractivity contribution >= 4 is 0 Å². The Kier molecular flexibility index (Phi) is 5.17. The lowest BCUT2D eigenvalue weighted by Gasteiger charge is -2.41. The third-order valence-corrected chi connectivity index (χ3v) is 4.75. The topological polar surface area (TPSA) is 29.3 Å². The summed E-state index contributed by atoms with van der Waals surface area (Å²) in [6.45, 7) is 14.0. The maximum Gasteiger partial charge on any atom is 0.0475 e. The van der Waals surface area contributed by atoms with Gasteiger partial charge in [0.15, 0.2) is 0 Å². The predicted octanol–water partition coefficient (Wildman–Crippen LogP) is 3.73. The van der Waals surface area contributed by atoms with Crippen molar-refractivity contribution in [3.05, 3.63) is 34.4 Å². The monoisotopic (exact) mass is 262 g/mol. The normalized spacial score (nSPS) is 13.9. The Balaban J connectivity index is 3.21. The number of benzene rings is 1. The molecule has 0 aliphatic rings. The summed E-state index contributed by atoms with van der Waals surface area (Å²) < 4.78 is 0. The van der Waals surface area contributed by atoms with Crippen LogP contribution < -0.4 is 5.73 Å². The van der Waals surface area contributed by atoms with Gasteiger partial charge in [0, 0.05) is 18.1 Å². The highest BCUT2D eigenvalue weighted by molar-refractivity contribution is 5.38. The molecular formula is C17H30N2. The van der Waals surface area contributed by atoms with Crippen LogP contribution in [-0.4, -0.2) is 24.0 Å². The van der Waals surface area contributed by atoms with Crippen molar-refractivity contribution in [2.75, 3.05) is 13.6 Å². The van der Waals surface area contributed by atoms with Gasteiger partial charge in [-0.2, -0.15) is 0 Å². The SMILES string of the molecule is CCC(C)(C)N(C)C(CN)c1cc(C)c(C)cc1C. The highest BCUT2D eigenvalue weighted by atomic mass is 15.2. The highest BCUT2D eigenvalue weighted by Gasteiger charge is 2.29. The van der Waals surface area contributed by atoms with Crippen LogP contribution in [0.4, 0.5) is 0 Å². The van der Waals surface area contributed by atoms with E-state index in [0.717, 1.165) is 6.42 Å². The molecule has 2 heteroatoms. The molecule has 2 nitrogen and oxygen atoms in total. The molecule has 0 saturated carbocycles. The van der Waals surface area contributed by atoms with Gasteiger partial charge in [0.25, 0.3) is 0 Å². The molecule has 0 aromatic heterocycles. The van der Waals surface area contributed by atoms with Crippen LogP contribution in [0.3, 0.4) is 0 Å². The second-order valence-electron chi connectivity index (χ2n) is 6.32. The number of aryl methyl sites for hydroxylation is 3. The van der Waals surface area contributed by atoms with Crippen LogP contribution in [-0.2, 0) is 0 Å². The van der Waals surface area contributed by atoms with Gasteiger partial charge in [-0.3, -0.25) is 4.90 Å². The van der Waals surface area contributed by atoms with Gasteiger partial charge >= 0.3 is 0 Å². The molecule has 0 radical (unpaired) electrons. The molecule has 0 aliphatic heterocycles. The zero-order valence-electron chi connectivity index (χ0n) is 13.7. The first-order valence-corrected chi connectivity index (χ1v) is 7.25. The van der Waals surface area contributed by atoms with Crippen LogP contribution in [0.1, 0.15) is 55.5 Å². The van der Waals surface area contributed by atoms with E-state index in [2.05, 4.69) is 65.6 Å². The lowest BCUT2D eigenvalue weighted by atomic mass is 9.91. The van der Waals surface area contributed by atoms with Crippen LogP contribution in [0.25, 0.3) is 0 Å². The molecule has 108 valence electrons. The van der Waals surface area contributed by atoms with E-state index in [9.17, 15) is 0 Å². The molecule has 0 saturated heterocycles. The molecule has 1 rings (SSSR count). The van der Waals surface area contributed by atoms with Gasteiger partial charge in [0.2, 0.25) is 0 Å². The van der Waals surface area contributed by atoms with E-state index in [0.29, 0.717) is 6.54 Å². The summed E-state index contributed by atoms with van der Waals surface area (Å²) in [6.07, 6.45) is 1.11. The first-order chi connectivity index (χ1) is 8.74. The number of rotatable bonds is 5. The third-order valence-electron chi connectivity index (χ3n) is 4.75. The van der Waals surface area contributed by atoms with Crippen LogP contribution >= 0.6 is 0 Å². The molecule has 19 heavy (non-hydrogen) atoms. The molecule has 0 fully saturated rings. The molecule has 0 heterocycles. The van der Waals surface area contributed by atoms with Crippen molar-refractivity contribution in [1.82, 2.24) is 4.90 Å². The van der Waals surface area contributed by atoms with E-state index in [1.807, 2.05) is 0 Å². The number of hydrogen-bond acceptors (Lipinski definition) is 2. The highest BCUT2D eigenvalue weighted by Crippen LogP contribution is 2.31. The summed E-state index contributed by atoms with van der Waals surface area (Å²) >= 11 is 0. The fourth-order valence-electron chi connectivity index (χ4n) is 2.51. The van der Waals surface area contributed by atoms with E-state index in [1.165, 1.54) is 22.3 Å². The molecule has 1 aromatic rings. The zero-order chi connectivity index (χ0) is 14.8. The van der Waals surface area contributed by atoms with Crippen LogP contribution in [0.15, 0.2) is 12.1 Å². The van der Waals surface area contributed by atoms with Gasteiger partial charge in [-0.15, -0.1) is 0 Å². The molecule has 0 bridgehead atoms. The van der Waals surface area contributed by atoms with E-state index < -0.39 is 0 Å². The Morgan fingerprint density at radius 3 is 2.11 bits per heavy atom. The lowest BCUT2D eigenvalue weighted by molar-refractivity contribution is 0.100. The maximum atomic E-state index is 6.07. The summed E-state index contributed by atoms with van der Waals surface area (Å²) in [4.78, 5) is 2.42. The van der Waals surface area contributed by atoms with Crippen molar-refractivity contribution in [3.8, 4) is 0 Å². The predicted molar refractivity (Wildman–Crippen MR) is 84.6 cm³/mol. The van der Waals surface area contributed by atoms with E-state index in [-0.39, 0.29) is 11.6 Å². The minimum absolute atomic E-state index is 0.162. The Morgan fingerprint density at radius 1 is 1.11 bits per heavy atom. The van der Waals surface area contributed by atoms with Gasteiger partial charge < -0.3 is 5.73 Å². The molecular weight excluding hydrogens is 232 g/mol. The van der Waals surface area contributed by atoms with Crippen LogP contribution in [0.2, 0.25) is 0 Å². The van der Waals surface area contributed by atoms with Crippen molar-refractivity contribution in [2.45, 2.75) is 59.5 Å². The summed E-state index contributed by atoms with van der Waals surface area (Å²) in [7, 11) is 2.19. The standard InChI is InChI=1S/C17H30N2/c1-8-17(5,6)19(7)16(11-18)15-10-13(3)12(2)9-14(15)4/h9-10,16H,8,11,18H2,1-7H3. The first kappa shape index (κ1) is 16.2. The van der Waals surface area contributed by atoms with Crippen molar-refractivity contribution in [1.29, 1.82) is 0 Å². The summed E-state index contributed by atoms with van der Waals surface area (Å²) in [6, 6.07) is 4.87. The minimum Gasteiger partial charge on any atom is -0.329 e. The van der Waals surface area contributed by atoms with Crippen LogP contribution in [0, 0.1) is 20.8 Å². The summed E-state index contributed by atoms with van der Waals surface area (Å²) in [5.74, 6) is 0. The fourth-order valence-corrected chi connectivity index (χ4v) is 2.51. The third kappa shape index (κ3) is 3.37. The molecule has 0 amide bonds. The van der Waals surface area contributed by atoms with Crippen molar-refractivity contribution in [3.63, 3.8) is 0 Å². The number of nitrogens with zero attached hydrogens (tertiary/aromatic N) is 1. The van der Waals surface area contributed by atoms with Gasteiger partial charge in [-0.05, 0) is 70.3 Å². The van der Waals surface area contributed by atoms with Gasteiger partial charge in [-0.25, -0.2) is 0 Å². The van der Waals surface area contributed by atoms with E-state index in [4.69, 9.17) is 5.73 Å². The molecule has 0 aliphatic carbocycles. The zero-order valence-corrected chi connectivity index (χ0v) is 13.7. The molecule has 0 spiro atoms. The molecule has 2 N–H and O–H groups in total. The van der Waals surface area contributed by atoms with Crippen LogP contribution in [0.5, 0.6) is 0 Å². The van der Waals surface area contributed by atoms with Gasteiger partial charge in [0.05, 0.1) is 0 Å². The second-order valence-corrected chi connectivity index (χ2v) is 6.32. The van der Waals surface area contributed by atoms with E-state index >= 15 is 0 Å². The van der Waals surface area contributed by atoms with E-state index in [1.54, 1.807) is 0 Å². The van der Waals surface area contributed by atoms with Gasteiger partial charge in [0.1, 0.15) is 0 Å². The average molecular weight is 262 g/mol. The molecule has 1 atom stereocenters. The summed E-state index contributed by atoms with van der Waals surface area (Å²) in [5, 5.41) is 0. The van der Waals surface area contributed by atoms with Crippen molar-refractivity contribution in [2.24, 2.45) is 5.73 Å². The second kappa shape index (κ2) is 6.06. The number of nitrogens with two attached hydrogens (primary N) is 1. The molecule has 1 unspecified atom stereocenters. The largest absolute Gasteiger partial charge is 0.329 e. The Morgan fingerprint density at radius 2 is 1.63 bits per heavy atom. The molecule has 1 aromatic carbocycles. The van der Waals surface area contributed by atoms with Gasteiger partial charge in [-0.1, -0.05) is 19.1 Å². The first-order valence-electron chi connectivity index (χ1n) is 7.25. The Bertz CT molecular complexity index is 435. The fraction of sp³-hybridized carbons (Fsp3) is 0.647. The Hall–Kier alpha value is -0.860. The van der Waals surface area contributed by atoms with Crippen molar-refractivity contribution < 1.29 is 0 Å². The Labute approximate surface area is 119 Å². The summed E-state index contributed by atoms with van der Waals surface area (Å²) in [5.41, 5.74) is 11.7. The lowest BCUT2D eigenvalue weighted by Crippen LogP contribution is -2.45. The number of hydrogen-bond donors (Lipinski definition) is 1. The number of likely N-dealkylation sites (N-methyl/N-ethyl adjacent to an activating group) is 1. The minimum atomic E-state index is 0.162. The maximum absolute atomic E-state index is 6.07. The smallest absolute Gasteiger partial charge is 0.0475 e.